The van der Waals surface area contributed by atoms with Crippen LogP contribution in [-0.2, 0) is 11.3 Å². The maximum atomic E-state index is 12.4. The van der Waals surface area contributed by atoms with Gasteiger partial charge in [0.2, 0.25) is 0 Å². The van der Waals surface area contributed by atoms with E-state index >= 15 is 0 Å². The van der Waals surface area contributed by atoms with Crippen LogP contribution in [0.2, 0.25) is 0 Å². The van der Waals surface area contributed by atoms with Gasteiger partial charge in [0.05, 0.1) is 13.2 Å². The average molecular weight is 529 g/mol. The molecule has 2 fully saturated rings. The molecule has 1 atom stereocenters. The quantitative estimate of drug-likeness (QED) is 0.322. The summed E-state index contributed by atoms with van der Waals surface area (Å²) in [5.41, 5.74) is 2.03. The topological polar surface area (TPSA) is 69.2 Å². The van der Waals surface area contributed by atoms with Gasteiger partial charge in [0.25, 0.3) is 5.91 Å². The number of carbonyl (C=O) groups is 1. The minimum absolute atomic E-state index is 0. The first kappa shape index (κ1) is 24.9. The summed E-state index contributed by atoms with van der Waals surface area (Å²) in [7, 11) is 3.99. The predicted octanol–water partition coefficient (Wildman–Crippen LogP) is 2.17. The van der Waals surface area contributed by atoms with Crippen LogP contribution in [0.25, 0.3) is 0 Å². The number of guanidine groups is 1. The average Bonchev–Trinajstić information content (AvgIpc) is 3.35. The van der Waals surface area contributed by atoms with E-state index < -0.39 is 0 Å². The Labute approximate surface area is 197 Å². The van der Waals surface area contributed by atoms with E-state index in [2.05, 4.69) is 22.5 Å². The van der Waals surface area contributed by atoms with Crippen molar-refractivity contribution in [1.29, 1.82) is 0 Å². The van der Waals surface area contributed by atoms with E-state index in [0.29, 0.717) is 24.1 Å². The van der Waals surface area contributed by atoms with Crippen LogP contribution in [0.3, 0.4) is 0 Å². The van der Waals surface area contributed by atoms with Gasteiger partial charge in [0, 0.05) is 50.3 Å². The van der Waals surface area contributed by atoms with E-state index in [-0.39, 0.29) is 29.9 Å². The van der Waals surface area contributed by atoms with Crippen LogP contribution in [0.5, 0.6) is 0 Å². The van der Waals surface area contributed by atoms with Gasteiger partial charge in [-0.1, -0.05) is 12.1 Å². The van der Waals surface area contributed by atoms with E-state index in [1.165, 1.54) is 6.42 Å². The Morgan fingerprint density at radius 3 is 2.83 bits per heavy atom. The highest BCUT2D eigenvalue weighted by molar-refractivity contribution is 14.0. The molecule has 168 valence electrons. The van der Waals surface area contributed by atoms with E-state index in [1.807, 2.05) is 43.3 Å². The molecule has 0 bridgehead atoms. The van der Waals surface area contributed by atoms with Gasteiger partial charge in [-0.05, 0) is 51.6 Å². The largest absolute Gasteiger partial charge is 0.381 e. The Morgan fingerprint density at radius 1 is 1.30 bits per heavy atom. The number of rotatable bonds is 7. The third kappa shape index (κ3) is 6.81. The van der Waals surface area contributed by atoms with Gasteiger partial charge in [0.15, 0.2) is 5.96 Å². The molecule has 2 aliphatic heterocycles. The van der Waals surface area contributed by atoms with Crippen molar-refractivity contribution in [3.63, 3.8) is 0 Å². The Hall–Kier alpha value is -1.39. The summed E-state index contributed by atoms with van der Waals surface area (Å²) in [5, 5.41) is 6.39. The molecule has 1 amide bonds. The number of halogens is 1. The molecule has 0 aliphatic carbocycles. The van der Waals surface area contributed by atoms with Crippen molar-refractivity contribution < 1.29 is 9.53 Å². The minimum atomic E-state index is -0.0349. The van der Waals surface area contributed by atoms with Gasteiger partial charge >= 0.3 is 0 Å². The lowest BCUT2D eigenvalue weighted by Crippen LogP contribution is -2.41. The molecule has 2 saturated heterocycles. The van der Waals surface area contributed by atoms with Crippen molar-refractivity contribution in [3.8, 4) is 0 Å². The molecule has 2 aliphatic rings. The lowest BCUT2D eigenvalue weighted by atomic mass is 9.87. The number of benzene rings is 1. The predicted molar refractivity (Wildman–Crippen MR) is 132 cm³/mol. The molecule has 0 radical (unpaired) electrons. The number of carbonyl (C=O) groups excluding carboxylic acids is 1. The molecule has 8 heteroatoms. The molecular weight excluding hydrogens is 493 g/mol. The maximum Gasteiger partial charge on any atom is 0.251 e. The Bertz CT molecular complexity index is 719. The highest BCUT2D eigenvalue weighted by Gasteiger charge is 2.42. The fourth-order valence-electron chi connectivity index (χ4n) is 3.99. The Balaban J connectivity index is 0.00000320. The number of hydrogen-bond acceptors (Lipinski definition) is 4. The number of hydrogen-bond donors (Lipinski definition) is 2. The van der Waals surface area contributed by atoms with Crippen LogP contribution in [0.15, 0.2) is 29.3 Å². The fourth-order valence-corrected chi connectivity index (χ4v) is 3.99. The summed E-state index contributed by atoms with van der Waals surface area (Å²) in [6.07, 6.45) is 2.31. The number of ether oxygens (including phenoxy) is 1. The zero-order chi connectivity index (χ0) is 20.7. The molecule has 3 rings (SSSR count). The number of amides is 1. The van der Waals surface area contributed by atoms with Crippen LogP contribution in [0.1, 0.15) is 35.7 Å². The molecule has 30 heavy (non-hydrogen) atoms. The monoisotopic (exact) mass is 529 g/mol. The van der Waals surface area contributed by atoms with Crippen molar-refractivity contribution in [3.05, 3.63) is 35.4 Å². The van der Waals surface area contributed by atoms with Gasteiger partial charge in [-0.15, -0.1) is 24.0 Å². The smallest absolute Gasteiger partial charge is 0.251 e. The Kier molecular flexibility index (Phi) is 9.83. The summed E-state index contributed by atoms with van der Waals surface area (Å²) in [6.45, 7) is 8.73. The summed E-state index contributed by atoms with van der Waals surface area (Å²) in [6, 6.07) is 7.75. The lowest BCUT2D eigenvalue weighted by Gasteiger charge is -2.25. The highest BCUT2D eigenvalue weighted by Crippen LogP contribution is 2.38. The summed E-state index contributed by atoms with van der Waals surface area (Å²) >= 11 is 0. The standard InChI is InChI=1S/C22H35N5O2.HI/c1-4-23-21(27-11-8-22(16-27)9-13-29-17-22)25-15-18-6-5-7-19(14-18)20(28)24-10-12-26(2)3;/h5-7,14H,4,8-13,15-17H2,1-3H3,(H,23,25)(H,24,28);1H. The van der Waals surface area contributed by atoms with E-state index in [0.717, 1.165) is 57.3 Å². The van der Waals surface area contributed by atoms with E-state index in [9.17, 15) is 4.79 Å². The number of nitrogens with zero attached hydrogens (tertiary/aromatic N) is 3. The number of likely N-dealkylation sites (N-methyl/N-ethyl adjacent to an activating group) is 1. The maximum absolute atomic E-state index is 12.4. The zero-order valence-corrected chi connectivity index (χ0v) is 20.8. The van der Waals surface area contributed by atoms with Gasteiger partial charge < -0.3 is 25.2 Å². The lowest BCUT2D eigenvalue weighted by molar-refractivity contribution is 0.0951. The molecule has 0 aromatic heterocycles. The van der Waals surface area contributed by atoms with Crippen LogP contribution >= 0.6 is 24.0 Å². The second-order valence-corrected chi connectivity index (χ2v) is 8.40. The first-order valence-electron chi connectivity index (χ1n) is 10.6. The second-order valence-electron chi connectivity index (χ2n) is 8.40. The van der Waals surface area contributed by atoms with E-state index in [1.54, 1.807) is 0 Å². The van der Waals surface area contributed by atoms with Crippen molar-refractivity contribution in [2.45, 2.75) is 26.3 Å². The summed E-state index contributed by atoms with van der Waals surface area (Å²) in [4.78, 5) is 21.6. The van der Waals surface area contributed by atoms with Crippen molar-refractivity contribution >= 4 is 35.8 Å². The van der Waals surface area contributed by atoms with Crippen molar-refractivity contribution in [2.24, 2.45) is 10.4 Å². The number of aliphatic imine (C=N–C) groups is 1. The zero-order valence-electron chi connectivity index (χ0n) is 18.4. The molecule has 1 aromatic carbocycles. The second kappa shape index (κ2) is 11.9. The molecule has 1 spiro atoms. The van der Waals surface area contributed by atoms with Gasteiger partial charge in [0.1, 0.15) is 0 Å². The van der Waals surface area contributed by atoms with Crippen LogP contribution in [0.4, 0.5) is 0 Å². The first-order valence-corrected chi connectivity index (χ1v) is 10.6. The molecule has 0 saturated carbocycles. The van der Waals surface area contributed by atoms with Gasteiger partial charge in [-0.2, -0.15) is 0 Å². The van der Waals surface area contributed by atoms with Gasteiger partial charge in [-0.3, -0.25) is 4.79 Å². The minimum Gasteiger partial charge on any atom is -0.381 e. The third-order valence-electron chi connectivity index (χ3n) is 5.70. The first-order chi connectivity index (χ1) is 14.0. The summed E-state index contributed by atoms with van der Waals surface area (Å²) < 4.78 is 5.65. The van der Waals surface area contributed by atoms with Gasteiger partial charge in [-0.25, -0.2) is 4.99 Å². The fraction of sp³-hybridized carbons (Fsp3) is 0.636. The molecule has 1 unspecified atom stereocenters. The SMILES string of the molecule is CCNC(=NCc1cccc(C(=O)NCCN(C)C)c1)N1CCC2(CCOC2)C1.I. The molecular formula is C22H36IN5O2. The molecule has 2 heterocycles. The van der Waals surface area contributed by atoms with Crippen LogP contribution in [-0.4, -0.2) is 81.7 Å². The Morgan fingerprint density at radius 2 is 2.13 bits per heavy atom. The van der Waals surface area contributed by atoms with E-state index in [4.69, 9.17) is 9.73 Å². The highest BCUT2D eigenvalue weighted by atomic mass is 127. The van der Waals surface area contributed by atoms with Crippen LogP contribution in [0, 0.1) is 5.41 Å². The normalized spacial score (nSPS) is 21.2. The number of nitrogens with one attached hydrogen (secondary N) is 2. The van der Waals surface area contributed by atoms with Crippen LogP contribution < -0.4 is 10.6 Å². The molecule has 7 nitrogen and oxygen atoms in total. The third-order valence-corrected chi connectivity index (χ3v) is 5.70. The van der Waals surface area contributed by atoms with Crippen molar-refractivity contribution in [1.82, 2.24) is 20.4 Å². The van der Waals surface area contributed by atoms with Crippen molar-refractivity contribution in [2.75, 3.05) is 60.0 Å². The number of likely N-dealkylation sites (tertiary alicyclic amines) is 1. The molecule has 1 aromatic rings. The summed E-state index contributed by atoms with van der Waals surface area (Å²) in [5.74, 6) is 0.921. The molecule has 2 N–H and O–H groups in total.